The third-order valence-electron chi connectivity index (χ3n) is 3.90. The van der Waals surface area contributed by atoms with E-state index < -0.39 is 6.61 Å². The molecule has 0 aliphatic heterocycles. The summed E-state index contributed by atoms with van der Waals surface area (Å²) >= 11 is 0. The van der Waals surface area contributed by atoms with Crippen molar-refractivity contribution in [1.82, 2.24) is 19.9 Å². The molecule has 2 N–H and O–H groups in total. The summed E-state index contributed by atoms with van der Waals surface area (Å²) in [7, 11) is 3.98. The van der Waals surface area contributed by atoms with Gasteiger partial charge in [0.05, 0.1) is 5.69 Å². The van der Waals surface area contributed by atoms with Gasteiger partial charge in [-0.3, -0.25) is 4.98 Å². The molecule has 0 spiro atoms. The topological polar surface area (TPSA) is 75.2 Å². The highest BCUT2D eigenvalue weighted by Gasteiger charge is 2.08. The molecule has 0 saturated carbocycles. The van der Waals surface area contributed by atoms with E-state index in [4.69, 9.17) is 0 Å². The Morgan fingerprint density at radius 1 is 1.03 bits per heavy atom. The number of anilines is 3. The number of ether oxygens (including phenoxy) is 1. The summed E-state index contributed by atoms with van der Waals surface area (Å²) in [6.45, 7) is -1.34. The van der Waals surface area contributed by atoms with E-state index >= 15 is 0 Å². The highest BCUT2D eigenvalue weighted by Crippen LogP contribution is 2.24. The second-order valence-electron chi connectivity index (χ2n) is 6.46. The molecule has 3 aromatic rings. The molecule has 0 aliphatic carbocycles. The molecule has 152 valence electrons. The second kappa shape index (κ2) is 9.74. The van der Waals surface area contributed by atoms with Crippen LogP contribution in [0, 0.1) is 0 Å². The largest absolute Gasteiger partial charge is 0.435 e. The molecular formula is C20H22F2N6O. The fourth-order valence-corrected chi connectivity index (χ4v) is 2.52. The van der Waals surface area contributed by atoms with Gasteiger partial charge < -0.3 is 20.3 Å². The van der Waals surface area contributed by atoms with Gasteiger partial charge in [0.25, 0.3) is 0 Å². The van der Waals surface area contributed by atoms with E-state index in [0.717, 1.165) is 17.8 Å². The van der Waals surface area contributed by atoms with Crippen LogP contribution in [0.4, 0.5) is 26.2 Å². The van der Waals surface area contributed by atoms with Crippen molar-refractivity contribution in [3.63, 3.8) is 0 Å². The van der Waals surface area contributed by atoms with Crippen molar-refractivity contribution >= 4 is 17.5 Å². The van der Waals surface area contributed by atoms with Crippen LogP contribution in [0.2, 0.25) is 0 Å². The molecule has 0 atom stereocenters. The number of aromatic nitrogens is 3. The molecule has 2 heterocycles. The molecule has 2 aromatic heterocycles. The van der Waals surface area contributed by atoms with Gasteiger partial charge in [0.2, 0.25) is 5.95 Å². The molecule has 0 fully saturated rings. The molecule has 0 saturated heterocycles. The molecular weight excluding hydrogens is 378 g/mol. The summed E-state index contributed by atoms with van der Waals surface area (Å²) in [6, 6.07) is 11.8. The number of nitrogens with one attached hydrogen (secondary N) is 2. The third-order valence-corrected chi connectivity index (χ3v) is 3.90. The van der Waals surface area contributed by atoms with E-state index in [1.807, 2.05) is 32.3 Å². The van der Waals surface area contributed by atoms with Gasteiger partial charge >= 0.3 is 6.61 Å². The number of likely N-dealkylation sites (N-methyl/N-ethyl adjacent to an activating group) is 1. The Bertz CT molecular complexity index is 907. The van der Waals surface area contributed by atoms with Crippen LogP contribution in [0.15, 0.2) is 54.9 Å². The minimum absolute atomic E-state index is 0.0942. The lowest BCUT2D eigenvalue weighted by Crippen LogP contribution is -2.21. The Hall–Kier alpha value is -3.33. The van der Waals surface area contributed by atoms with E-state index in [2.05, 4.69) is 35.2 Å². The van der Waals surface area contributed by atoms with Crippen molar-refractivity contribution in [2.24, 2.45) is 0 Å². The summed E-state index contributed by atoms with van der Waals surface area (Å²) < 4.78 is 29.0. The first kappa shape index (κ1) is 20.4. The number of alkyl halides is 2. The van der Waals surface area contributed by atoms with Crippen LogP contribution in [0.3, 0.4) is 0 Å². The zero-order chi connectivity index (χ0) is 20.6. The minimum atomic E-state index is -2.85. The minimum Gasteiger partial charge on any atom is -0.435 e. The predicted molar refractivity (Wildman–Crippen MR) is 109 cm³/mol. The molecule has 0 bridgehead atoms. The Balaban J connectivity index is 1.82. The fourth-order valence-electron chi connectivity index (χ4n) is 2.52. The van der Waals surface area contributed by atoms with Crippen LogP contribution in [0.5, 0.6) is 5.75 Å². The number of hydrogen-bond acceptors (Lipinski definition) is 7. The van der Waals surface area contributed by atoms with Crippen LogP contribution in [0.1, 0.15) is 0 Å². The summed E-state index contributed by atoms with van der Waals surface area (Å²) in [4.78, 5) is 15.2. The highest BCUT2D eigenvalue weighted by molar-refractivity contribution is 5.67. The third kappa shape index (κ3) is 6.35. The lowest BCUT2D eigenvalue weighted by atomic mass is 10.2. The first-order chi connectivity index (χ1) is 14.0. The van der Waals surface area contributed by atoms with E-state index in [1.54, 1.807) is 24.5 Å². The molecule has 29 heavy (non-hydrogen) atoms. The number of pyridine rings is 1. The van der Waals surface area contributed by atoms with Gasteiger partial charge in [0, 0.05) is 42.8 Å². The molecule has 0 unspecified atom stereocenters. The van der Waals surface area contributed by atoms with Crippen molar-refractivity contribution in [3.8, 4) is 17.0 Å². The number of rotatable bonds is 9. The Morgan fingerprint density at radius 2 is 1.76 bits per heavy atom. The van der Waals surface area contributed by atoms with Gasteiger partial charge in [0.1, 0.15) is 11.6 Å². The van der Waals surface area contributed by atoms with Gasteiger partial charge in [0.15, 0.2) is 0 Å². The van der Waals surface area contributed by atoms with Crippen LogP contribution in [0.25, 0.3) is 11.3 Å². The highest BCUT2D eigenvalue weighted by atomic mass is 19.3. The SMILES string of the molecule is CN(C)CCNc1nc(Nc2ccc(OC(F)F)cc2)cc(-c2ccncc2)n1. The summed E-state index contributed by atoms with van der Waals surface area (Å²) in [5.74, 6) is 1.15. The van der Waals surface area contributed by atoms with E-state index in [0.29, 0.717) is 24.0 Å². The monoisotopic (exact) mass is 400 g/mol. The van der Waals surface area contributed by atoms with E-state index in [1.165, 1.54) is 12.1 Å². The Labute approximate surface area is 167 Å². The zero-order valence-corrected chi connectivity index (χ0v) is 16.1. The van der Waals surface area contributed by atoms with Crippen molar-refractivity contribution in [3.05, 3.63) is 54.9 Å². The van der Waals surface area contributed by atoms with Gasteiger partial charge in [-0.25, -0.2) is 4.98 Å². The fraction of sp³-hybridized carbons (Fsp3) is 0.250. The molecule has 0 aliphatic rings. The normalized spacial score (nSPS) is 11.0. The molecule has 7 nitrogen and oxygen atoms in total. The van der Waals surface area contributed by atoms with Gasteiger partial charge in [-0.05, 0) is 50.5 Å². The first-order valence-corrected chi connectivity index (χ1v) is 8.99. The van der Waals surface area contributed by atoms with Crippen molar-refractivity contribution in [2.45, 2.75) is 6.61 Å². The van der Waals surface area contributed by atoms with E-state index in [-0.39, 0.29) is 5.75 Å². The van der Waals surface area contributed by atoms with Crippen molar-refractivity contribution < 1.29 is 13.5 Å². The maximum atomic E-state index is 12.3. The Kier molecular flexibility index (Phi) is 6.85. The number of halogens is 2. The van der Waals surface area contributed by atoms with Crippen LogP contribution < -0.4 is 15.4 Å². The van der Waals surface area contributed by atoms with Crippen molar-refractivity contribution in [2.75, 3.05) is 37.8 Å². The zero-order valence-electron chi connectivity index (χ0n) is 16.1. The number of nitrogens with zero attached hydrogens (tertiary/aromatic N) is 4. The predicted octanol–water partition coefficient (Wildman–Crippen LogP) is 3.86. The lowest BCUT2D eigenvalue weighted by molar-refractivity contribution is -0.0498. The average molecular weight is 400 g/mol. The summed E-state index contributed by atoms with van der Waals surface area (Å²) in [6.07, 6.45) is 3.40. The van der Waals surface area contributed by atoms with Crippen LogP contribution >= 0.6 is 0 Å². The maximum Gasteiger partial charge on any atom is 0.387 e. The second-order valence-corrected chi connectivity index (χ2v) is 6.46. The standard InChI is InChI=1S/C20H22F2N6O/c1-28(2)12-11-24-20-26-17(14-7-9-23-10-8-14)13-18(27-20)25-15-3-5-16(6-4-15)29-19(21)22/h3-10,13,19H,11-12H2,1-2H3,(H2,24,25,26,27). The van der Waals surface area contributed by atoms with Crippen LogP contribution in [-0.2, 0) is 0 Å². The summed E-state index contributed by atoms with van der Waals surface area (Å²) in [5, 5.41) is 6.39. The van der Waals surface area contributed by atoms with Gasteiger partial charge in [-0.1, -0.05) is 0 Å². The van der Waals surface area contributed by atoms with Crippen molar-refractivity contribution in [1.29, 1.82) is 0 Å². The number of benzene rings is 1. The molecule has 0 radical (unpaired) electrons. The molecule has 3 rings (SSSR count). The van der Waals surface area contributed by atoms with E-state index in [9.17, 15) is 8.78 Å². The van der Waals surface area contributed by atoms with Gasteiger partial charge in [-0.2, -0.15) is 13.8 Å². The molecule has 9 heteroatoms. The Morgan fingerprint density at radius 3 is 2.41 bits per heavy atom. The first-order valence-electron chi connectivity index (χ1n) is 8.99. The number of hydrogen-bond donors (Lipinski definition) is 2. The van der Waals surface area contributed by atoms with Crippen LogP contribution in [-0.4, -0.2) is 53.6 Å². The smallest absolute Gasteiger partial charge is 0.387 e. The van der Waals surface area contributed by atoms with Gasteiger partial charge in [-0.15, -0.1) is 0 Å². The quantitative estimate of drug-likeness (QED) is 0.565. The summed E-state index contributed by atoms with van der Waals surface area (Å²) in [5.41, 5.74) is 2.32. The molecule has 1 aromatic carbocycles. The average Bonchev–Trinajstić information content (AvgIpc) is 2.69. The maximum absolute atomic E-state index is 12.3. The lowest BCUT2D eigenvalue weighted by Gasteiger charge is -2.13. The molecule has 0 amide bonds.